The van der Waals surface area contributed by atoms with Gasteiger partial charge in [0.1, 0.15) is 12.1 Å². The molecule has 0 aromatic heterocycles. The third-order valence-corrected chi connectivity index (χ3v) is 2.46. The van der Waals surface area contributed by atoms with E-state index < -0.39 is 30.4 Å². The number of rotatable bonds is 8. The zero-order valence-electron chi connectivity index (χ0n) is 10.8. The summed E-state index contributed by atoms with van der Waals surface area (Å²) >= 11 is 0. The van der Waals surface area contributed by atoms with Crippen LogP contribution in [-0.2, 0) is 9.53 Å². The molecule has 0 bridgehead atoms. The normalized spacial score (nSPS) is 17.2. The molecular weight excluding hydrogens is 251 g/mol. The molecule has 0 aromatic carbocycles. The first-order valence-corrected chi connectivity index (χ1v) is 5.77. The highest BCUT2D eigenvalue weighted by Crippen LogP contribution is 2.19. The number of nitrogens with one attached hydrogen (secondary N) is 1. The van der Waals surface area contributed by atoms with Crippen molar-refractivity contribution >= 4 is 5.97 Å². The van der Waals surface area contributed by atoms with E-state index in [0.29, 0.717) is 6.54 Å². The standard InChI is InChI=1S/C11H20F3NO3/c1-4-5-15-10(3,9(16)17)6-8(2)18-7-11(12,13)14/h8,15H,4-7H2,1-3H3,(H,16,17). The molecule has 0 radical (unpaired) electrons. The molecule has 0 saturated carbocycles. The molecule has 2 atom stereocenters. The van der Waals surface area contributed by atoms with Gasteiger partial charge in [-0.3, -0.25) is 4.79 Å². The summed E-state index contributed by atoms with van der Waals surface area (Å²) < 4.78 is 40.5. The Hall–Kier alpha value is -0.820. The third kappa shape index (κ3) is 6.80. The topological polar surface area (TPSA) is 58.6 Å². The first kappa shape index (κ1) is 17.2. The number of carbonyl (C=O) groups is 1. The first-order valence-electron chi connectivity index (χ1n) is 5.77. The van der Waals surface area contributed by atoms with E-state index in [0.717, 1.165) is 6.42 Å². The molecule has 0 aliphatic rings. The maximum atomic E-state index is 12.0. The Morgan fingerprint density at radius 1 is 1.44 bits per heavy atom. The van der Waals surface area contributed by atoms with Crippen LogP contribution in [0.2, 0.25) is 0 Å². The smallest absolute Gasteiger partial charge is 0.411 e. The fraction of sp³-hybridized carbons (Fsp3) is 0.909. The van der Waals surface area contributed by atoms with Crippen molar-refractivity contribution in [2.45, 2.75) is 51.4 Å². The lowest BCUT2D eigenvalue weighted by Gasteiger charge is -2.29. The maximum Gasteiger partial charge on any atom is 0.411 e. The summed E-state index contributed by atoms with van der Waals surface area (Å²) in [5, 5.41) is 11.9. The van der Waals surface area contributed by atoms with Crippen LogP contribution in [-0.4, -0.2) is 42.0 Å². The van der Waals surface area contributed by atoms with Gasteiger partial charge in [-0.25, -0.2) is 0 Å². The molecule has 2 unspecified atom stereocenters. The van der Waals surface area contributed by atoms with Crippen LogP contribution in [0.15, 0.2) is 0 Å². The van der Waals surface area contributed by atoms with Crippen molar-refractivity contribution in [2.24, 2.45) is 0 Å². The lowest BCUT2D eigenvalue weighted by molar-refractivity contribution is -0.186. The second kappa shape index (κ2) is 6.94. The van der Waals surface area contributed by atoms with Crippen molar-refractivity contribution in [1.29, 1.82) is 0 Å². The van der Waals surface area contributed by atoms with Gasteiger partial charge in [0.15, 0.2) is 0 Å². The van der Waals surface area contributed by atoms with E-state index in [1.807, 2.05) is 6.92 Å². The molecule has 18 heavy (non-hydrogen) atoms. The van der Waals surface area contributed by atoms with Gasteiger partial charge in [0.25, 0.3) is 0 Å². The molecule has 108 valence electrons. The predicted molar refractivity (Wildman–Crippen MR) is 60.4 cm³/mol. The fourth-order valence-corrected chi connectivity index (χ4v) is 1.51. The monoisotopic (exact) mass is 271 g/mol. The number of hydrogen-bond donors (Lipinski definition) is 2. The highest BCUT2D eigenvalue weighted by molar-refractivity contribution is 5.78. The molecule has 0 heterocycles. The number of carboxylic acid groups (broad SMARTS) is 1. The maximum absolute atomic E-state index is 12.0. The molecule has 4 nitrogen and oxygen atoms in total. The lowest BCUT2D eigenvalue weighted by Crippen LogP contribution is -2.52. The Kier molecular flexibility index (Phi) is 6.62. The van der Waals surface area contributed by atoms with Crippen molar-refractivity contribution in [3.63, 3.8) is 0 Å². The summed E-state index contributed by atoms with van der Waals surface area (Å²) in [4.78, 5) is 11.1. The largest absolute Gasteiger partial charge is 0.480 e. The SMILES string of the molecule is CCCNC(C)(CC(C)OCC(F)(F)F)C(=O)O. The molecule has 0 amide bonds. The highest BCUT2D eigenvalue weighted by atomic mass is 19.4. The fourth-order valence-electron chi connectivity index (χ4n) is 1.51. The minimum absolute atomic E-state index is 0.0294. The van der Waals surface area contributed by atoms with Crippen molar-refractivity contribution in [3.8, 4) is 0 Å². The molecule has 0 aliphatic carbocycles. The Balaban J connectivity index is 4.36. The summed E-state index contributed by atoms with van der Waals surface area (Å²) in [7, 11) is 0. The highest BCUT2D eigenvalue weighted by Gasteiger charge is 2.36. The van der Waals surface area contributed by atoms with Crippen molar-refractivity contribution < 1.29 is 27.8 Å². The van der Waals surface area contributed by atoms with E-state index in [1.165, 1.54) is 13.8 Å². The average Bonchev–Trinajstić information content (AvgIpc) is 2.22. The van der Waals surface area contributed by atoms with Gasteiger partial charge in [0, 0.05) is 6.42 Å². The summed E-state index contributed by atoms with van der Waals surface area (Å²) in [6.45, 7) is 3.87. The van der Waals surface area contributed by atoms with Gasteiger partial charge in [-0.05, 0) is 26.8 Å². The zero-order chi connectivity index (χ0) is 14.4. The summed E-state index contributed by atoms with van der Waals surface area (Å²) in [6.07, 6.45) is -4.49. The van der Waals surface area contributed by atoms with E-state index in [9.17, 15) is 18.0 Å². The zero-order valence-corrected chi connectivity index (χ0v) is 10.8. The lowest BCUT2D eigenvalue weighted by atomic mass is 9.94. The van der Waals surface area contributed by atoms with Crippen LogP contribution in [0.5, 0.6) is 0 Å². The minimum Gasteiger partial charge on any atom is -0.480 e. The van der Waals surface area contributed by atoms with Gasteiger partial charge >= 0.3 is 12.1 Å². The van der Waals surface area contributed by atoms with Crippen LogP contribution in [0.4, 0.5) is 13.2 Å². The molecule has 7 heteroatoms. The molecule has 2 N–H and O–H groups in total. The molecule has 0 fully saturated rings. The van der Waals surface area contributed by atoms with Crippen LogP contribution in [0.3, 0.4) is 0 Å². The molecule has 0 spiro atoms. The van der Waals surface area contributed by atoms with Gasteiger partial charge in [-0.1, -0.05) is 6.92 Å². The van der Waals surface area contributed by atoms with Crippen LogP contribution in [0, 0.1) is 0 Å². The number of alkyl halides is 3. The van der Waals surface area contributed by atoms with Gasteiger partial charge in [0.05, 0.1) is 6.10 Å². The van der Waals surface area contributed by atoms with Gasteiger partial charge in [0.2, 0.25) is 0 Å². The minimum atomic E-state index is -4.40. The predicted octanol–water partition coefficient (Wildman–Crippen LogP) is 2.19. The van der Waals surface area contributed by atoms with E-state index in [2.05, 4.69) is 10.1 Å². The number of hydrogen-bond acceptors (Lipinski definition) is 3. The summed E-state index contributed by atoms with van der Waals surface area (Å²) in [5.74, 6) is -1.10. The Bertz CT molecular complexity index is 271. The Morgan fingerprint density at radius 3 is 2.39 bits per heavy atom. The second-order valence-corrected chi connectivity index (χ2v) is 4.50. The van der Waals surface area contributed by atoms with E-state index in [-0.39, 0.29) is 6.42 Å². The van der Waals surface area contributed by atoms with Crippen LogP contribution >= 0.6 is 0 Å². The number of ether oxygens (including phenoxy) is 1. The van der Waals surface area contributed by atoms with Crippen molar-refractivity contribution in [1.82, 2.24) is 5.32 Å². The van der Waals surface area contributed by atoms with E-state index in [1.54, 1.807) is 0 Å². The van der Waals surface area contributed by atoms with Crippen molar-refractivity contribution in [3.05, 3.63) is 0 Å². The van der Waals surface area contributed by atoms with Gasteiger partial charge in [-0.15, -0.1) is 0 Å². The molecule has 0 aromatic rings. The second-order valence-electron chi connectivity index (χ2n) is 4.50. The molecular formula is C11H20F3NO3. The number of carboxylic acids is 1. The van der Waals surface area contributed by atoms with Gasteiger partial charge in [-0.2, -0.15) is 13.2 Å². The molecule has 0 rings (SSSR count). The Morgan fingerprint density at radius 2 is 2.00 bits per heavy atom. The van der Waals surface area contributed by atoms with Crippen LogP contribution < -0.4 is 5.32 Å². The number of aliphatic carboxylic acids is 1. The van der Waals surface area contributed by atoms with E-state index in [4.69, 9.17) is 5.11 Å². The quantitative estimate of drug-likeness (QED) is 0.710. The molecule has 0 saturated heterocycles. The summed E-state index contributed by atoms with van der Waals surface area (Å²) in [6, 6.07) is 0. The van der Waals surface area contributed by atoms with Crippen LogP contribution in [0.25, 0.3) is 0 Å². The third-order valence-electron chi connectivity index (χ3n) is 2.46. The number of halogens is 3. The Labute approximate surface area is 105 Å². The van der Waals surface area contributed by atoms with Crippen molar-refractivity contribution in [2.75, 3.05) is 13.2 Å². The summed E-state index contributed by atoms with van der Waals surface area (Å²) in [5.41, 5.74) is -1.28. The van der Waals surface area contributed by atoms with Crippen LogP contribution in [0.1, 0.15) is 33.6 Å². The first-order chi connectivity index (χ1) is 8.10. The molecule has 0 aliphatic heterocycles. The van der Waals surface area contributed by atoms with Gasteiger partial charge < -0.3 is 15.2 Å². The average molecular weight is 271 g/mol. The van der Waals surface area contributed by atoms with E-state index >= 15 is 0 Å².